The van der Waals surface area contributed by atoms with Crippen LogP contribution in [0.4, 0.5) is 41.7 Å². The number of ether oxygens (including phenoxy) is 3. The molecule has 7 rings (SSSR count). The van der Waals surface area contributed by atoms with Gasteiger partial charge in [0.05, 0.1) is 62.9 Å². The summed E-state index contributed by atoms with van der Waals surface area (Å²) in [7, 11) is 1.96. The Bertz CT molecular complexity index is 2770. The number of hydrazine groups is 1. The first-order valence-electron chi connectivity index (χ1n) is 24.9. The molecular weight excluding hydrogens is 1020 g/mol. The van der Waals surface area contributed by atoms with Crippen LogP contribution in [0, 0.1) is 40.1 Å². The second-order valence-corrected chi connectivity index (χ2v) is 21.0. The normalized spacial score (nSPS) is 18.5. The van der Waals surface area contributed by atoms with E-state index in [0.717, 1.165) is 88.6 Å². The highest BCUT2D eigenvalue weighted by Crippen LogP contribution is 2.41. The third-order valence-corrected chi connectivity index (χ3v) is 14.1. The number of carbonyl (C=O) groups excluding carboxylic acids is 4. The van der Waals surface area contributed by atoms with E-state index in [1.54, 1.807) is 51.2 Å². The Balaban J connectivity index is 1.15. The summed E-state index contributed by atoms with van der Waals surface area (Å²) < 4.78 is 104. The van der Waals surface area contributed by atoms with E-state index in [9.17, 15) is 41.8 Å². The van der Waals surface area contributed by atoms with Crippen molar-refractivity contribution in [3.63, 3.8) is 0 Å². The minimum Gasteiger partial charge on any atom is -0.453 e. The van der Waals surface area contributed by atoms with Crippen molar-refractivity contribution < 1.29 is 64.8 Å². The minimum absolute atomic E-state index is 0.0274. The zero-order valence-corrected chi connectivity index (χ0v) is 43.6. The number of benzene rings is 2. The summed E-state index contributed by atoms with van der Waals surface area (Å²) in [4.78, 5) is 66.5. The molecule has 2 aromatic carbocycles. The molecule has 4 amide bonds. The van der Waals surface area contributed by atoms with Crippen LogP contribution in [-0.2, 0) is 36.8 Å². The number of alkyl carbamates (subject to hydrolysis) is 2. The summed E-state index contributed by atoms with van der Waals surface area (Å²) in [5, 5.41) is 19.8. The van der Waals surface area contributed by atoms with Crippen molar-refractivity contribution in [2.45, 2.75) is 109 Å². The Morgan fingerprint density at radius 3 is 1.90 bits per heavy atom. The maximum Gasteiger partial charge on any atom is 0.407 e. The van der Waals surface area contributed by atoms with Crippen LogP contribution in [-0.4, -0.2) is 145 Å². The van der Waals surface area contributed by atoms with E-state index >= 15 is 8.78 Å². The molecule has 4 aromatic rings. The number of hydrogen-bond acceptors (Lipinski definition) is 13. The molecule has 6 atom stereocenters. The highest BCUT2D eigenvalue weighted by Gasteiger charge is 2.56. The van der Waals surface area contributed by atoms with Gasteiger partial charge < -0.3 is 40.2 Å². The molecule has 0 saturated carbocycles. The zero-order chi connectivity index (χ0) is 56.0. The van der Waals surface area contributed by atoms with E-state index < -0.39 is 101 Å². The Labute approximate surface area is 442 Å². The number of alkyl halides is 3. The maximum atomic E-state index is 16.0. The number of nitrogens with one attached hydrogen (secondary N) is 4. The molecule has 3 fully saturated rings. The standard InChI is InChI=1S/C54H63F6N9O8/c1-52(2,3)46(64-50(73)75-6)49(72)66-68(27-39-40(56)21-34(22-41(39)57)42-18-15-35(55)24-61-42)28-44(70)43(63-48(71)47(65-51(74)76-7)53(4,5)54(58,59)60)20-32-11-8-31(9-12-32)10-13-33-14-19-45(62-23-33)67-25-36-16-17-37(26-67)69(36)38-29-77-30-38/h8-9,11-12,14-15,18-19,21-24,36-38,43-44,46-47,70H,16-17,20,25-30H2,1-7H3,(H,63,71)(H,64,73)(H,65,74)(H,66,72)/t36?,37?,43-,44-,46+,47?/m0/s1. The van der Waals surface area contributed by atoms with Gasteiger partial charge in [-0.1, -0.05) is 44.7 Å². The number of nitrogens with zero attached hydrogens (tertiary/aromatic N) is 5. The highest BCUT2D eigenvalue weighted by atomic mass is 19.4. The number of pyridine rings is 2. The smallest absolute Gasteiger partial charge is 0.407 e. The Kier molecular flexibility index (Phi) is 18.1. The number of aliphatic hydroxyl groups is 1. The molecule has 0 radical (unpaired) electrons. The number of aliphatic hydroxyl groups excluding tert-OH is 1. The molecule has 5 heterocycles. The van der Waals surface area contributed by atoms with Crippen molar-refractivity contribution in [2.75, 3.05) is 52.0 Å². The Morgan fingerprint density at radius 2 is 1.38 bits per heavy atom. The summed E-state index contributed by atoms with van der Waals surface area (Å²) >= 11 is 0. The molecule has 3 aliphatic rings. The number of aromatic nitrogens is 2. The van der Waals surface area contributed by atoms with Gasteiger partial charge in [-0.15, -0.1) is 0 Å². The molecule has 2 bridgehead atoms. The average Bonchev–Trinajstić information content (AvgIpc) is 3.62. The maximum absolute atomic E-state index is 16.0. The number of methoxy groups -OCH3 is 2. The number of hydrogen-bond donors (Lipinski definition) is 5. The van der Waals surface area contributed by atoms with E-state index in [0.29, 0.717) is 48.7 Å². The minimum atomic E-state index is -5.07. The van der Waals surface area contributed by atoms with Gasteiger partial charge >= 0.3 is 18.4 Å². The third-order valence-electron chi connectivity index (χ3n) is 14.1. The molecule has 414 valence electrons. The second kappa shape index (κ2) is 24.1. The van der Waals surface area contributed by atoms with Crippen LogP contribution in [0.15, 0.2) is 73.1 Å². The number of piperazine rings is 1. The van der Waals surface area contributed by atoms with E-state index in [2.05, 4.69) is 47.4 Å². The van der Waals surface area contributed by atoms with Gasteiger partial charge in [0.1, 0.15) is 35.4 Å². The summed E-state index contributed by atoms with van der Waals surface area (Å²) in [5.41, 5.74) is -0.503. The van der Waals surface area contributed by atoms with E-state index in [4.69, 9.17) is 14.5 Å². The molecular formula is C54H63F6N9O8. The molecule has 3 saturated heterocycles. The number of halogens is 6. The molecule has 17 nitrogen and oxygen atoms in total. The lowest BCUT2D eigenvalue weighted by Gasteiger charge is -2.47. The van der Waals surface area contributed by atoms with Gasteiger partial charge in [-0.05, 0) is 92.6 Å². The van der Waals surface area contributed by atoms with E-state index in [-0.39, 0.29) is 17.7 Å². The molecule has 3 unspecified atom stereocenters. The van der Waals surface area contributed by atoms with E-state index in [1.165, 1.54) is 6.07 Å². The Hall–Kier alpha value is -7.00. The topological polar surface area (TPSA) is 200 Å². The fourth-order valence-electron chi connectivity index (χ4n) is 9.56. The second-order valence-electron chi connectivity index (χ2n) is 21.0. The third kappa shape index (κ3) is 14.1. The van der Waals surface area contributed by atoms with Crippen molar-refractivity contribution in [2.24, 2.45) is 10.8 Å². The van der Waals surface area contributed by atoms with Crippen LogP contribution >= 0.6 is 0 Å². The van der Waals surface area contributed by atoms with Gasteiger partial charge in [0.2, 0.25) is 5.91 Å². The summed E-state index contributed by atoms with van der Waals surface area (Å²) in [6.07, 6.45) is -4.77. The highest BCUT2D eigenvalue weighted by molar-refractivity contribution is 5.87. The van der Waals surface area contributed by atoms with Crippen LogP contribution in [0.25, 0.3) is 11.3 Å². The van der Waals surface area contributed by atoms with Crippen LogP contribution in [0.3, 0.4) is 0 Å². The van der Waals surface area contributed by atoms with Gasteiger partial charge in [0.25, 0.3) is 5.91 Å². The zero-order valence-electron chi connectivity index (χ0n) is 43.6. The summed E-state index contributed by atoms with van der Waals surface area (Å²) in [6, 6.07) is 10.6. The number of carbonyl (C=O) groups is 4. The number of anilines is 1. The van der Waals surface area contributed by atoms with Crippen molar-refractivity contribution in [3.05, 3.63) is 113 Å². The largest absolute Gasteiger partial charge is 0.453 e. The first-order valence-corrected chi connectivity index (χ1v) is 24.9. The molecule has 77 heavy (non-hydrogen) atoms. The van der Waals surface area contributed by atoms with Gasteiger partial charge in [-0.25, -0.2) is 32.8 Å². The monoisotopic (exact) mass is 1080 g/mol. The van der Waals surface area contributed by atoms with Crippen molar-refractivity contribution in [3.8, 4) is 23.1 Å². The fraction of sp³-hybridized carbons (Fsp3) is 0.481. The molecule has 2 aromatic heterocycles. The lowest BCUT2D eigenvalue weighted by Crippen LogP contribution is -2.63. The fourth-order valence-corrected chi connectivity index (χ4v) is 9.56. The molecule has 23 heteroatoms. The Morgan fingerprint density at radius 1 is 0.779 bits per heavy atom. The van der Waals surface area contributed by atoms with Gasteiger partial charge in [-0.3, -0.25) is 24.9 Å². The van der Waals surface area contributed by atoms with Gasteiger partial charge in [0, 0.05) is 66.7 Å². The lowest BCUT2D eigenvalue weighted by molar-refractivity contribution is -0.220. The number of rotatable bonds is 17. The van der Waals surface area contributed by atoms with Crippen LogP contribution in [0.2, 0.25) is 0 Å². The van der Waals surface area contributed by atoms with Crippen LogP contribution in [0.5, 0.6) is 0 Å². The lowest BCUT2D eigenvalue weighted by atomic mass is 9.82. The molecule has 0 aliphatic carbocycles. The van der Waals surface area contributed by atoms with Crippen molar-refractivity contribution in [1.29, 1.82) is 0 Å². The SMILES string of the molecule is COC(=O)NC(C(=O)N[C@@H](Cc1ccc(C#Cc2ccc(N3CC4CCC(C3)N4C3COC3)nc2)cc1)[C@@H](O)CN(Cc1c(F)cc(-c2ccc(F)cn2)cc1F)NC(=O)[C@@H](NC(=O)OC)C(C)(C)C)C(C)(C)C(F)(F)F. The van der Waals surface area contributed by atoms with Crippen LogP contribution in [0.1, 0.15) is 69.7 Å². The molecule has 5 N–H and O–H groups in total. The average molecular weight is 1080 g/mol. The van der Waals surface area contributed by atoms with Crippen LogP contribution < -0.4 is 26.3 Å². The summed E-state index contributed by atoms with van der Waals surface area (Å²) in [6.45, 7) is 7.91. The van der Waals surface area contributed by atoms with Crippen molar-refractivity contribution in [1.82, 2.24) is 41.3 Å². The summed E-state index contributed by atoms with van der Waals surface area (Å²) in [5.74, 6) is 1.73. The number of fused-ring (bicyclic) bond motifs is 2. The predicted molar refractivity (Wildman–Crippen MR) is 270 cm³/mol. The number of amides is 4. The van der Waals surface area contributed by atoms with Gasteiger partial charge in [0.15, 0.2) is 0 Å². The predicted octanol–water partition coefficient (Wildman–Crippen LogP) is 6.02. The molecule has 3 aliphatic heterocycles. The quantitative estimate of drug-likeness (QED) is 0.0468. The molecule has 0 spiro atoms. The first-order chi connectivity index (χ1) is 36.3. The van der Waals surface area contributed by atoms with Gasteiger partial charge in [-0.2, -0.15) is 13.2 Å². The van der Waals surface area contributed by atoms with Crippen molar-refractivity contribution >= 4 is 29.8 Å². The van der Waals surface area contributed by atoms with E-state index in [1.807, 2.05) is 17.4 Å². The first kappa shape index (κ1) is 57.7.